The quantitative estimate of drug-likeness (QED) is 0.736. The van der Waals surface area contributed by atoms with E-state index in [9.17, 15) is 0 Å². The summed E-state index contributed by atoms with van der Waals surface area (Å²) >= 11 is 0. The molecular formula is C11H16N2O. The largest absolute Gasteiger partial charge is 0.392 e. The van der Waals surface area contributed by atoms with Crippen molar-refractivity contribution in [2.24, 2.45) is 0 Å². The molecule has 0 saturated heterocycles. The van der Waals surface area contributed by atoms with Gasteiger partial charge in [-0.2, -0.15) is 0 Å². The lowest BCUT2D eigenvalue weighted by Gasteiger charge is -2.21. The first-order valence-electron chi connectivity index (χ1n) is 4.54. The van der Waals surface area contributed by atoms with Gasteiger partial charge in [0.25, 0.3) is 0 Å². The van der Waals surface area contributed by atoms with Crippen molar-refractivity contribution in [1.82, 2.24) is 4.98 Å². The van der Waals surface area contributed by atoms with Crippen LogP contribution < -0.4 is 4.90 Å². The molecule has 1 aromatic heterocycles. The maximum atomic E-state index is 9.11. The molecule has 0 saturated carbocycles. The van der Waals surface area contributed by atoms with E-state index in [0.29, 0.717) is 0 Å². The molecule has 0 aliphatic heterocycles. The molecule has 0 radical (unpaired) electrons. The monoisotopic (exact) mass is 192 g/mol. The molecule has 76 valence electrons. The minimum absolute atomic E-state index is 0.0176. The number of anilines is 1. The highest BCUT2D eigenvalue weighted by Crippen LogP contribution is 2.18. The Hall–Kier alpha value is -1.35. The third kappa shape index (κ3) is 2.57. The van der Waals surface area contributed by atoms with E-state index in [1.807, 2.05) is 20.0 Å². The first-order chi connectivity index (χ1) is 6.65. The highest BCUT2D eigenvalue weighted by atomic mass is 16.3. The number of aliphatic hydroxyl groups excluding tert-OH is 1. The highest BCUT2D eigenvalue weighted by Gasteiger charge is 2.05. The van der Waals surface area contributed by atoms with Gasteiger partial charge in [0.05, 0.1) is 6.61 Å². The van der Waals surface area contributed by atoms with E-state index >= 15 is 0 Å². The summed E-state index contributed by atoms with van der Waals surface area (Å²) in [6, 6.07) is 1.90. The second-order valence-electron chi connectivity index (χ2n) is 3.48. The Morgan fingerprint density at radius 3 is 2.93 bits per heavy atom. The molecule has 3 nitrogen and oxygen atoms in total. The molecule has 0 unspecified atom stereocenters. The zero-order chi connectivity index (χ0) is 10.6. The zero-order valence-corrected chi connectivity index (χ0v) is 8.70. The van der Waals surface area contributed by atoms with Crippen LogP contribution in [0.3, 0.4) is 0 Å². The summed E-state index contributed by atoms with van der Waals surface area (Å²) in [5.41, 5.74) is 2.94. The Kier molecular flexibility index (Phi) is 3.65. The van der Waals surface area contributed by atoms with E-state index in [1.165, 1.54) is 0 Å². The van der Waals surface area contributed by atoms with E-state index in [2.05, 4.69) is 16.5 Å². The lowest BCUT2D eigenvalue weighted by molar-refractivity contribution is 0.281. The fraction of sp³-hybridized carbons (Fsp3) is 0.364. The van der Waals surface area contributed by atoms with E-state index in [0.717, 1.165) is 23.4 Å². The number of hydrogen-bond acceptors (Lipinski definition) is 3. The van der Waals surface area contributed by atoms with Gasteiger partial charge in [0.15, 0.2) is 0 Å². The van der Waals surface area contributed by atoms with Gasteiger partial charge in [-0.3, -0.25) is 4.98 Å². The first kappa shape index (κ1) is 10.7. The molecule has 0 fully saturated rings. The molecule has 1 N–H and O–H groups in total. The number of aromatic nitrogens is 1. The molecule has 1 rings (SSSR count). The van der Waals surface area contributed by atoms with Gasteiger partial charge in [0, 0.05) is 37.2 Å². The molecule has 0 atom stereocenters. The Balaban J connectivity index is 2.87. The van der Waals surface area contributed by atoms with Crippen molar-refractivity contribution in [2.75, 3.05) is 18.5 Å². The lowest BCUT2D eigenvalue weighted by atomic mass is 10.2. The van der Waals surface area contributed by atoms with Crippen LogP contribution in [0.4, 0.5) is 5.69 Å². The summed E-state index contributed by atoms with van der Waals surface area (Å²) in [6.07, 6.45) is 3.41. The minimum atomic E-state index is 0.0176. The highest BCUT2D eigenvalue weighted by molar-refractivity contribution is 5.52. The van der Waals surface area contributed by atoms with Gasteiger partial charge in [-0.1, -0.05) is 12.2 Å². The molecule has 0 aromatic carbocycles. The number of aliphatic hydroxyl groups is 1. The summed E-state index contributed by atoms with van der Waals surface area (Å²) in [7, 11) is 1.98. The summed E-state index contributed by atoms with van der Waals surface area (Å²) in [6.45, 7) is 6.65. The molecule has 0 amide bonds. The van der Waals surface area contributed by atoms with Gasteiger partial charge in [-0.15, -0.1) is 0 Å². The van der Waals surface area contributed by atoms with Gasteiger partial charge >= 0.3 is 0 Å². The van der Waals surface area contributed by atoms with E-state index in [-0.39, 0.29) is 6.61 Å². The third-order valence-corrected chi connectivity index (χ3v) is 1.97. The standard InChI is InChI=1S/C11H16N2O/c1-9(2)7-13(3)11-4-5-12-6-10(11)8-14/h4-6,14H,1,7-8H2,2-3H3. The molecule has 0 bridgehead atoms. The predicted molar refractivity (Wildman–Crippen MR) is 58.2 cm³/mol. The van der Waals surface area contributed by atoms with Gasteiger partial charge in [-0.25, -0.2) is 0 Å². The molecule has 0 spiro atoms. The fourth-order valence-electron chi connectivity index (χ4n) is 1.40. The predicted octanol–water partition coefficient (Wildman–Crippen LogP) is 1.59. The Morgan fingerprint density at radius 2 is 2.36 bits per heavy atom. The van der Waals surface area contributed by atoms with E-state index in [4.69, 9.17) is 5.11 Å². The van der Waals surface area contributed by atoms with Gasteiger partial charge in [0.2, 0.25) is 0 Å². The minimum Gasteiger partial charge on any atom is -0.392 e. The summed E-state index contributed by atoms with van der Waals surface area (Å²) in [4.78, 5) is 6.02. The molecule has 1 heterocycles. The van der Waals surface area contributed by atoms with Crippen LogP contribution in [0.15, 0.2) is 30.6 Å². The normalized spacial score (nSPS) is 9.93. The SMILES string of the molecule is C=C(C)CN(C)c1ccncc1CO. The Labute approximate surface area is 84.7 Å². The van der Waals surface area contributed by atoms with Crippen molar-refractivity contribution in [2.45, 2.75) is 13.5 Å². The molecule has 3 heteroatoms. The van der Waals surface area contributed by atoms with Gasteiger partial charge in [-0.05, 0) is 13.0 Å². The zero-order valence-electron chi connectivity index (χ0n) is 8.70. The smallest absolute Gasteiger partial charge is 0.0717 e. The van der Waals surface area contributed by atoms with Crippen LogP contribution >= 0.6 is 0 Å². The van der Waals surface area contributed by atoms with Crippen LogP contribution in [0.2, 0.25) is 0 Å². The van der Waals surface area contributed by atoms with Crippen molar-refractivity contribution < 1.29 is 5.11 Å². The number of rotatable bonds is 4. The molecular weight excluding hydrogens is 176 g/mol. The van der Waals surface area contributed by atoms with Crippen LogP contribution in [0, 0.1) is 0 Å². The Morgan fingerprint density at radius 1 is 1.64 bits per heavy atom. The number of pyridine rings is 1. The van der Waals surface area contributed by atoms with Crippen LogP contribution in [0.5, 0.6) is 0 Å². The third-order valence-electron chi connectivity index (χ3n) is 1.97. The van der Waals surface area contributed by atoms with Crippen molar-refractivity contribution in [3.63, 3.8) is 0 Å². The second-order valence-corrected chi connectivity index (χ2v) is 3.48. The van der Waals surface area contributed by atoms with Gasteiger partial charge < -0.3 is 10.0 Å². The number of hydrogen-bond donors (Lipinski definition) is 1. The number of nitrogens with zero attached hydrogens (tertiary/aromatic N) is 2. The fourth-order valence-corrected chi connectivity index (χ4v) is 1.40. The number of likely N-dealkylation sites (N-methyl/N-ethyl adjacent to an activating group) is 1. The van der Waals surface area contributed by atoms with Gasteiger partial charge in [0.1, 0.15) is 0 Å². The van der Waals surface area contributed by atoms with Crippen LogP contribution in [-0.2, 0) is 6.61 Å². The molecule has 0 aliphatic carbocycles. The topological polar surface area (TPSA) is 36.4 Å². The summed E-state index contributed by atoms with van der Waals surface area (Å²) in [5, 5.41) is 9.11. The van der Waals surface area contributed by atoms with Crippen molar-refractivity contribution in [3.8, 4) is 0 Å². The first-order valence-corrected chi connectivity index (χ1v) is 4.54. The Bertz CT molecular complexity index is 323. The van der Waals surface area contributed by atoms with Crippen molar-refractivity contribution >= 4 is 5.69 Å². The summed E-state index contributed by atoms with van der Waals surface area (Å²) < 4.78 is 0. The average molecular weight is 192 g/mol. The average Bonchev–Trinajstić information content (AvgIpc) is 2.16. The maximum absolute atomic E-state index is 9.11. The molecule has 1 aromatic rings. The molecule has 0 aliphatic rings. The molecule has 14 heavy (non-hydrogen) atoms. The summed E-state index contributed by atoms with van der Waals surface area (Å²) in [5.74, 6) is 0. The van der Waals surface area contributed by atoms with E-state index < -0.39 is 0 Å². The lowest BCUT2D eigenvalue weighted by Crippen LogP contribution is -2.20. The van der Waals surface area contributed by atoms with Crippen LogP contribution in [-0.4, -0.2) is 23.7 Å². The maximum Gasteiger partial charge on any atom is 0.0717 e. The van der Waals surface area contributed by atoms with Crippen LogP contribution in [0.1, 0.15) is 12.5 Å². The van der Waals surface area contributed by atoms with Crippen molar-refractivity contribution in [1.29, 1.82) is 0 Å². The van der Waals surface area contributed by atoms with Crippen molar-refractivity contribution in [3.05, 3.63) is 36.2 Å². The van der Waals surface area contributed by atoms with Crippen LogP contribution in [0.25, 0.3) is 0 Å². The second kappa shape index (κ2) is 4.77. The van der Waals surface area contributed by atoms with E-state index in [1.54, 1.807) is 12.4 Å².